The summed E-state index contributed by atoms with van der Waals surface area (Å²) in [6, 6.07) is 16.1. The molecule has 2 aromatic rings. The highest BCUT2D eigenvalue weighted by Crippen LogP contribution is 2.18. The zero-order valence-electron chi connectivity index (χ0n) is 15.4. The molecular formula is C21H25ClN2O3. The molecule has 1 unspecified atom stereocenters. The van der Waals surface area contributed by atoms with Crippen molar-refractivity contribution >= 4 is 24.1 Å². The number of nitrogens with one attached hydrogen (secondary N) is 1. The van der Waals surface area contributed by atoms with E-state index in [-0.39, 0.29) is 30.7 Å². The van der Waals surface area contributed by atoms with Crippen LogP contribution >= 0.6 is 12.4 Å². The fourth-order valence-electron chi connectivity index (χ4n) is 3.21. The third kappa shape index (κ3) is 5.55. The molecule has 0 saturated carbocycles. The van der Waals surface area contributed by atoms with Gasteiger partial charge in [0.15, 0.2) is 12.4 Å². The van der Waals surface area contributed by atoms with E-state index in [1.165, 1.54) is 0 Å². The van der Waals surface area contributed by atoms with Crippen LogP contribution in [0.4, 0.5) is 0 Å². The molecule has 0 aliphatic carbocycles. The van der Waals surface area contributed by atoms with Crippen molar-refractivity contribution in [1.82, 2.24) is 10.2 Å². The van der Waals surface area contributed by atoms with Gasteiger partial charge in [0.05, 0.1) is 0 Å². The Labute approximate surface area is 166 Å². The molecule has 1 amide bonds. The van der Waals surface area contributed by atoms with Crippen molar-refractivity contribution in [3.8, 4) is 5.75 Å². The minimum absolute atomic E-state index is 0. The molecule has 1 heterocycles. The summed E-state index contributed by atoms with van der Waals surface area (Å²) < 4.78 is 5.60. The Kier molecular flexibility index (Phi) is 7.82. The molecule has 1 aliphatic heterocycles. The molecule has 144 valence electrons. The van der Waals surface area contributed by atoms with Crippen LogP contribution in [0, 0.1) is 5.92 Å². The number of hydrogen-bond acceptors (Lipinski definition) is 4. The van der Waals surface area contributed by atoms with Gasteiger partial charge in [0.1, 0.15) is 5.75 Å². The van der Waals surface area contributed by atoms with Crippen LogP contribution in [0.25, 0.3) is 0 Å². The molecule has 5 nitrogen and oxygen atoms in total. The van der Waals surface area contributed by atoms with E-state index in [0.29, 0.717) is 22.8 Å². The first kappa shape index (κ1) is 20.9. The topological polar surface area (TPSA) is 58.6 Å². The average molecular weight is 389 g/mol. The highest BCUT2D eigenvalue weighted by molar-refractivity contribution is 6.08. The van der Waals surface area contributed by atoms with Crippen molar-refractivity contribution in [3.05, 3.63) is 65.7 Å². The molecule has 6 heteroatoms. The zero-order valence-corrected chi connectivity index (χ0v) is 16.2. The molecule has 3 rings (SSSR count). The largest absolute Gasteiger partial charge is 0.484 e. The smallest absolute Gasteiger partial charge is 0.260 e. The molecule has 27 heavy (non-hydrogen) atoms. The van der Waals surface area contributed by atoms with Crippen molar-refractivity contribution in [2.75, 3.05) is 33.3 Å². The van der Waals surface area contributed by atoms with Gasteiger partial charge in [-0.25, -0.2) is 0 Å². The van der Waals surface area contributed by atoms with Crippen LogP contribution in [0.3, 0.4) is 0 Å². The number of rotatable bonds is 7. The molecule has 0 spiro atoms. The Balaban J connectivity index is 0.00000261. The maximum atomic E-state index is 12.4. The van der Waals surface area contributed by atoms with Gasteiger partial charge < -0.3 is 15.0 Å². The number of carbonyl (C=O) groups excluding carboxylic acids is 2. The Morgan fingerprint density at radius 3 is 2.41 bits per heavy atom. The maximum Gasteiger partial charge on any atom is 0.260 e. The lowest BCUT2D eigenvalue weighted by atomic mass is 10.0. The lowest BCUT2D eigenvalue weighted by Crippen LogP contribution is -2.34. The highest BCUT2D eigenvalue weighted by Gasteiger charge is 2.25. The van der Waals surface area contributed by atoms with E-state index in [1.807, 2.05) is 30.1 Å². The van der Waals surface area contributed by atoms with Crippen molar-refractivity contribution in [1.29, 1.82) is 0 Å². The van der Waals surface area contributed by atoms with E-state index < -0.39 is 0 Å². The first-order chi connectivity index (χ1) is 12.7. The molecule has 1 N–H and O–H groups in total. The second-order valence-corrected chi connectivity index (χ2v) is 6.56. The van der Waals surface area contributed by atoms with Gasteiger partial charge >= 0.3 is 0 Å². The van der Waals surface area contributed by atoms with Crippen LogP contribution in [-0.4, -0.2) is 49.9 Å². The van der Waals surface area contributed by atoms with Gasteiger partial charge in [-0.2, -0.15) is 0 Å². The van der Waals surface area contributed by atoms with Crippen LogP contribution < -0.4 is 10.1 Å². The highest BCUT2D eigenvalue weighted by atomic mass is 35.5. The van der Waals surface area contributed by atoms with Gasteiger partial charge in [0.2, 0.25) is 0 Å². The van der Waals surface area contributed by atoms with Gasteiger partial charge in [-0.05, 0) is 50.2 Å². The van der Waals surface area contributed by atoms with Crippen molar-refractivity contribution in [3.63, 3.8) is 0 Å². The first-order valence-corrected chi connectivity index (χ1v) is 8.92. The summed E-state index contributed by atoms with van der Waals surface area (Å²) in [6.07, 6.45) is 1.03. The van der Waals surface area contributed by atoms with E-state index >= 15 is 0 Å². The fraction of sp³-hybridized carbons (Fsp3) is 0.333. The van der Waals surface area contributed by atoms with E-state index in [4.69, 9.17) is 4.74 Å². The normalized spacial score (nSPS) is 15.9. The lowest BCUT2D eigenvalue weighted by molar-refractivity contribution is -0.132. The molecule has 1 saturated heterocycles. The van der Waals surface area contributed by atoms with Gasteiger partial charge in [0.25, 0.3) is 5.91 Å². The summed E-state index contributed by atoms with van der Waals surface area (Å²) >= 11 is 0. The molecule has 0 aromatic heterocycles. The molecule has 1 atom stereocenters. The Morgan fingerprint density at radius 2 is 1.74 bits per heavy atom. The maximum absolute atomic E-state index is 12.4. The van der Waals surface area contributed by atoms with Crippen molar-refractivity contribution in [2.24, 2.45) is 5.92 Å². The summed E-state index contributed by atoms with van der Waals surface area (Å²) in [5.74, 6) is 1.09. The van der Waals surface area contributed by atoms with Crippen LogP contribution in [0.5, 0.6) is 5.75 Å². The van der Waals surface area contributed by atoms with Crippen LogP contribution in [0.15, 0.2) is 54.6 Å². The number of nitrogens with zero attached hydrogens (tertiary/aromatic N) is 1. The number of likely N-dealkylation sites (tertiary alicyclic amines) is 1. The predicted molar refractivity (Wildman–Crippen MR) is 108 cm³/mol. The standard InChI is InChI=1S/C21H24N2O3.ClH/c1-22-13-16-11-12-23(14-16)20(24)15-26-19-9-7-18(8-10-19)21(25)17-5-3-2-4-6-17;/h2-10,16,22H,11-15H2,1H3;1H. The summed E-state index contributed by atoms with van der Waals surface area (Å²) in [7, 11) is 1.93. The monoisotopic (exact) mass is 388 g/mol. The van der Waals surface area contributed by atoms with Crippen molar-refractivity contribution in [2.45, 2.75) is 6.42 Å². The predicted octanol–water partition coefficient (Wildman–Crippen LogP) is 2.79. The minimum atomic E-state index is -0.0270. The Hall–Kier alpha value is -2.37. The minimum Gasteiger partial charge on any atom is -0.484 e. The number of hydrogen-bond donors (Lipinski definition) is 1. The summed E-state index contributed by atoms with van der Waals surface area (Å²) in [6.45, 7) is 2.53. The summed E-state index contributed by atoms with van der Waals surface area (Å²) in [4.78, 5) is 26.5. The van der Waals surface area contributed by atoms with E-state index in [1.54, 1.807) is 36.4 Å². The summed E-state index contributed by atoms with van der Waals surface area (Å²) in [5, 5.41) is 3.16. The third-order valence-corrected chi connectivity index (χ3v) is 4.65. The molecule has 1 fully saturated rings. The van der Waals surface area contributed by atoms with Gasteiger partial charge in [-0.15, -0.1) is 12.4 Å². The van der Waals surface area contributed by atoms with Gasteiger partial charge in [-0.3, -0.25) is 9.59 Å². The van der Waals surface area contributed by atoms with Crippen molar-refractivity contribution < 1.29 is 14.3 Å². The van der Waals surface area contributed by atoms with Crippen LogP contribution in [0.2, 0.25) is 0 Å². The number of amides is 1. The Bertz CT molecular complexity index is 750. The average Bonchev–Trinajstić information content (AvgIpc) is 3.16. The fourth-order valence-corrected chi connectivity index (χ4v) is 3.21. The molecule has 1 aliphatic rings. The number of ketones is 1. The number of carbonyl (C=O) groups is 2. The molecule has 2 aromatic carbocycles. The van der Waals surface area contributed by atoms with E-state index in [2.05, 4.69) is 5.32 Å². The number of benzene rings is 2. The lowest BCUT2D eigenvalue weighted by Gasteiger charge is -2.17. The Morgan fingerprint density at radius 1 is 1.07 bits per heavy atom. The quantitative estimate of drug-likeness (QED) is 0.741. The van der Waals surface area contributed by atoms with Gasteiger partial charge in [-0.1, -0.05) is 30.3 Å². The van der Waals surface area contributed by atoms with Gasteiger partial charge in [0, 0.05) is 24.2 Å². The number of halogens is 1. The number of ether oxygens (including phenoxy) is 1. The molecular weight excluding hydrogens is 364 g/mol. The second-order valence-electron chi connectivity index (χ2n) is 6.56. The zero-order chi connectivity index (χ0) is 18.4. The van der Waals surface area contributed by atoms with Crippen LogP contribution in [0.1, 0.15) is 22.3 Å². The van der Waals surface area contributed by atoms with E-state index in [0.717, 1.165) is 26.1 Å². The van der Waals surface area contributed by atoms with Crippen LogP contribution in [-0.2, 0) is 4.79 Å². The first-order valence-electron chi connectivity index (χ1n) is 8.92. The second kappa shape index (κ2) is 10.1. The third-order valence-electron chi connectivity index (χ3n) is 4.65. The SMILES string of the molecule is CNCC1CCN(C(=O)COc2ccc(C(=O)c3ccccc3)cc2)C1.Cl. The molecule has 0 radical (unpaired) electrons. The molecule has 0 bridgehead atoms. The van der Waals surface area contributed by atoms with E-state index in [9.17, 15) is 9.59 Å². The summed E-state index contributed by atoms with van der Waals surface area (Å²) in [5.41, 5.74) is 1.26.